The number of hydrogen-bond donors (Lipinski definition) is 1. The van der Waals surface area contributed by atoms with Crippen molar-refractivity contribution in [2.45, 2.75) is 26.8 Å². The van der Waals surface area contributed by atoms with Crippen molar-refractivity contribution in [3.8, 4) is 11.4 Å². The predicted octanol–water partition coefficient (Wildman–Crippen LogP) is 2.73. The van der Waals surface area contributed by atoms with E-state index in [1.54, 1.807) is 0 Å². The van der Waals surface area contributed by atoms with Gasteiger partial charge in [0.05, 0.1) is 0 Å². The first-order valence-corrected chi connectivity index (χ1v) is 6.69. The van der Waals surface area contributed by atoms with Crippen LogP contribution in [0.1, 0.15) is 20.3 Å². The number of halogens is 1. The number of hydrogen-bond acceptors (Lipinski definition) is 4. The van der Waals surface area contributed by atoms with Gasteiger partial charge in [-0.1, -0.05) is 13.8 Å². The molecule has 0 aliphatic rings. The van der Waals surface area contributed by atoms with Gasteiger partial charge in [-0.3, -0.25) is 0 Å². The summed E-state index contributed by atoms with van der Waals surface area (Å²) in [5.41, 5.74) is 7.49. The SMILES string of the molecule is CC(C)CCn1nnnc1-c1ccc(Br)c(N)c1. The van der Waals surface area contributed by atoms with E-state index in [0.717, 1.165) is 28.8 Å². The highest BCUT2D eigenvalue weighted by molar-refractivity contribution is 9.10. The molecule has 0 aliphatic heterocycles. The lowest BCUT2D eigenvalue weighted by molar-refractivity contribution is 0.481. The summed E-state index contributed by atoms with van der Waals surface area (Å²) in [6.07, 6.45) is 1.05. The van der Waals surface area contributed by atoms with Gasteiger partial charge in [0.2, 0.25) is 0 Å². The highest BCUT2D eigenvalue weighted by Crippen LogP contribution is 2.25. The summed E-state index contributed by atoms with van der Waals surface area (Å²) in [4.78, 5) is 0. The van der Waals surface area contributed by atoms with Gasteiger partial charge in [0.25, 0.3) is 0 Å². The Morgan fingerprint density at radius 3 is 2.83 bits per heavy atom. The maximum absolute atomic E-state index is 5.87. The predicted molar refractivity (Wildman–Crippen MR) is 74.8 cm³/mol. The largest absolute Gasteiger partial charge is 0.398 e. The quantitative estimate of drug-likeness (QED) is 0.882. The third kappa shape index (κ3) is 2.87. The normalized spacial score (nSPS) is 11.1. The molecule has 0 aliphatic carbocycles. The average Bonchev–Trinajstić information content (AvgIpc) is 2.78. The molecule has 0 saturated carbocycles. The molecule has 0 spiro atoms. The van der Waals surface area contributed by atoms with E-state index in [1.165, 1.54) is 0 Å². The van der Waals surface area contributed by atoms with Crippen molar-refractivity contribution in [3.05, 3.63) is 22.7 Å². The first kappa shape index (κ1) is 13.0. The summed E-state index contributed by atoms with van der Waals surface area (Å²) in [6.45, 7) is 5.18. The molecule has 96 valence electrons. The summed E-state index contributed by atoms with van der Waals surface area (Å²) in [5, 5.41) is 11.8. The van der Waals surface area contributed by atoms with Gasteiger partial charge in [0.15, 0.2) is 5.82 Å². The topological polar surface area (TPSA) is 69.6 Å². The fraction of sp³-hybridized carbons (Fsp3) is 0.417. The lowest BCUT2D eigenvalue weighted by atomic mass is 10.1. The lowest BCUT2D eigenvalue weighted by Crippen LogP contribution is -2.05. The molecule has 0 radical (unpaired) electrons. The minimum atomic E-state index is 0.622. The molecule has 0 saturated heterocycles. The van der Waals surface area contributed by atoms with Gasteiger partial charge in [-0.2, -0.15) is 0 Å². The first-order chi connectivity index (χ1) is 8.58. The number of anilines is 1. The molecule has 2 N–H and O–H groups in total. The molecule has 0 amide bonds. The second-order valence-electron chi connectivity index (χ2n) is 4.64. The van der Waals surface area contributed by atoms with Gasteiger partial charge < -0.3 is 5.73 Å². The fourth-order valence-electron chi connectivity index (χ4n) is 1.63. The summed E-state index contributed by atoms with van der Waals surface area (Å²) < 4.78 is 2.70. The van der Waals surface area contributed by atoms with Crippen LogP contribution in [0.3, 0.4) is 0 Å². The van der Waals surface area contributed by atoms with Gasteiger partial charge in [-0.15, -0.1) is 5.10 Å². The van der Waals surface area contributed by atoms with Crippen molar-refractivity contribution in [1.82, 2.24) is 20.2 Å². The molecule has 2 rings (SSSR count). The average molecular weight is 310 g/mol. The molecular formula is C12H16BrN5. The van der Waals surface area contributed by atoms with Crippen LogP contribution in [0.5, 0.6) is 0 Å². The van der Waals surface area contributed by atoms with Gasteiger partial charge in [-0.25, -0.2) is 4.68 Å². The maximum Gasteiger partial charge on any atom is 0.182 e. The van der Waals surface area contributed by atoms with E-state index in [-0.39, 0.29) is 0 Å². The Morgan fingerprint density at radius 1 is 1.39 bits per heavy atom. The van der Waals surface area contributed by atoms with Crippen LogP contribution in [0.15, 0.2) is 22.7 Å². The van der Waals surface area contributed by atoms with Gasteiger partial charge in [0.1, 0.15) is 0 Å². The van der Waals surface area contributed by atoms with E-state index >= 15 is 0 Å². The standard InChI is InChI=1S/C12H16BrN5/c1-8(2)5-6-18-12(15-16-17-18)9-3-4-10(13)11(14)7-9/h3-4,7-8H,5-6,14H2,1-2H3. The Balaban J connectivity index is 2.27. The Bertz CT molecular complexity index is 535. The summed E-state index contributed by atoms with van der Waals surface area (Å²) in [6, 6.07) is 5.74. The molecule has 6 heteroatoms. The molecular weight excluding hydrogens is 294 g/mol. The minimum Gasteiger partial charge on any atom is -0.398 e. The van der Waals surface area contributed by atoms with Gasteiger partial charge >= 0.3 is 0 Å². The molecule has 0 bridgehead atoms. The van der Waals surface area contributed by atoms with E-state index in [9.17, 15) is 0 Å². The zero-order chi connectivity index (χ0) is 13.1. The van der Waals surface area contributed by atoms with Crippen molar-refractivity contribution >= 4 is 21.6 Å². The Morgan fingerprint density at radius 2 is 2.17 bits per heavy atom. The van der Waals surface area contributed by atoms with E-state index in [1.807, 2.05) is 22.9 Å². The number of nitrogens with zero attached hydrogens (tertiary/aromatic N) is 4. The number of aryl methyl sites for hydroxylation is 1. The Labute approximate surface area is 115 Å². The zero-order valence-corrected chi connectivity index (χ0v) is 12.1. The van der Waals surface area contributed by atoms with Crippen LogP contribution in [0.4, 0.5) is 5.69 Å². The van der Waals surface area contributed by atoms with Crippen LogP contribution in [0.25, 0.3) is 11.4 Å². The molecule has 0 atom stereocenters. The third-order valence-electron chi connectivity index (χ3n) is 2.70. The van der Waals surface area contributed by atoms with Crippen molar-refractivity contribution < 1.29 is 0 Å². The highest BCUT2D eigenvalue weighted by atomic mass is 79.9. The molecule has 0 fully saturated rings. The van der Waals surface area contributed by atoms with Crippen LogP contribution in [-0.4, -0.2) is 20.2 Å². The smallest absolute Gasteiger partial charge is 0.182 e. The van der Waals surface area contributed by atoms with Crippen LogP contribution < -0.4 is 5.73 Å². The van der Waals surface area contributed by atoms with E-state index in [0.29, 0.717) is 11.6 Å². The van der Waals surface area contributed by atoms with Gasteiger partial charge in [-0.05, 0) is 56.9 Å². The monoisotopic (exact) mass is 309 g/mol. The number of aromatic nitrogens is 4. The second kappa shape index (κ2) is 5.48. The van der Waals surface area contributed by atoms with Crippen molar-refractivity contribution in [2.24, 2.45) is 5.92 Å². The maximum atomic E-state index is 5.87. The Hall–Kier alpha value is -1.43. The molecule has 0 unspecified atom stereocenters. The van der Waals surface area contributed by atoms with E-state index < -0.39 is 0 Å². The number of tetrazole rings is 1. The highest BCUT2D eigenvalue weighted by Gasteiger charge is 2.10. The fourth-order valence-corrected chi connectivity index (χ4v) is 1.87. The molecule has 1 heterocycles. The molecule has 18 heavy (non-hydrogen) atoms. The van der Waals surface area contributed by atoms with Crippen LogP contribution in [-0.2, 0) is 6.54 Å². The van der Waals surface area contributed by atoms with Crippen LogP contribution in [0, 0.1) is 5.92 Å². The summed E-state index contributed by atoms with van der Waals surface area (Å²) in [5.74, 6) is 1.38. The summed E-state index contributed by atoms with van der Waals surface area (Å²) >= 11 is 3.38. The van der Waals surface area contributed by atoms with E-state index in [4.69, 9.17) is 5.73 Å². The number of nitrogen functional groups attached to an aromatic ring is 1. The van der Waals surface area contributed by atoms with E-state index in [2.05, 4.69) is 45.3 Å². The zero-order valence-electron chi connectivity index (χ0n) is 10.5. The van der Waals surface area contributed by atoms with Crippen LogP contribution >= 0.6 is 15.9 Å². The lowest BCUT2D eigenvalue weighted by Gasteiger charge is -2.07. The third-order valence-corrected chi connectivity index (χ3v) is 3.43. The minimum absolute atomic E-state index is 0.622. The summed E-state index contributed by atoms with van der Waals surface area (Å²) in [7, 11) is 0. The first-order valence-electron chi connectivity index (χ1n) is 5.89. The van der Waals surface area contributed by atoms with Crippen LogP contribution in [0.2, 0.25) is 0 Å². The molecule has 2 aromatic rings. The van der Waals surface area contributed by atoms with Crippen molar-refractivity contribution in [3.63, 3.8) is 0 Å². The molecule has 5 nitrogen and oxygen atoms in total. The Kier molecular flexibility index (Phi) is 3.96. The molecule has 1 aromatic heterocycles. The number of benzene rings is 1. The van der Waals surface area contributed by atoms with Crippen molar-refractivity contribution in [1.29, 1.82) is 0 Å². The van der Waals surface area contributed by atoms with Gasteiger partial charge in [0, 0.05) is 22.3 Å². The second-order valence-corrected chi connectivity index (χ2v) is 5.50. The molecule has 1 aromatic carbocycles. The number of nitrogens with two attached hydrogens (primary N) is 1. The number of rotatable bonds is 4. The van der Waals surface area contributed by atoms with Crippen molar-refractivity contribution in [2.75, 3.05) is 5.73 Å².